The Morgan fingerprint density at radius 3 is 2.58 bits per heavy atom. The van der Waals surface area contributed by atoms with E-state index in [1.54, 1.807) is 11.6 Å². The monoisotopic (exact) mass is 277 g/mol. The topological polar surface area (TPSA) is 101 Å². The summed E-state index contributed by atoms with van der Waals surface area (Å²) in [6.45, 7) is 0.0544. The number of aryl methyl sites for hydroxylation is 1. The van der Waals surface area contributed by atoms with Crippen molar-refractivity contribution < 1.29 is 8.42 Å². The van der Waals surface area contributed by atoms with E-state index in [-0.39, 0.29) is 11.4 Å². The Labute approximate surface area is 110 Å². The second kappa shape index (κ2) is 5.17. The average molecular weight is 277 g/mol. The summed E-state index contributed by atoms with van der Waals surface area (Å²) >= 11 is 0. The zero-order chi connectivity index (χ0) is 13.9. The van der Waals surface area contributed by atoms with Crippen LogP contribution in [0, 0.1) is 11.3 Å². The minimum atomic E-state index is -3.62. The Morgan fingerprint density at radius 1 is 1.37 bits per heavy atom. The van der Waals surface area contributed by atoms with Gasteiger partial charge in [0, 0.05) is 7.05 Å². The number of hydrogen-bond acceptors (Lipinski definition) is 5. The number of sulfonamides is 1. The smallest absolute Gasteiger partial charge is 0.240 e. The fourth-order valence-corrected chi connectivity index (χ4v) is 2.40. The first-order valence-electron chi connectivity index (χ1n) is 5.35. The highest BCUT2D eigenvalue weighted by atomic mass is 32.2. The number of hydrogen-bond donors (Lipinski definition) is 1. The summed E-state index contributed by atoms with van der Waals surface area (Å²) in [6, 6.07) is 7.61. The van der Waals surface area contributed by atoms with Crippen molar-refractivity contribution in [3.8, 4) is 6.07 Å². The number of nitrogens with one attached hydrogen (secondary N) is 1. The fourth-order valence-electron chi connectivity index (χ4n) is 1.42. The molecule has 2 aromatic rings. The van der Waals surface area contributed by atoms with E-state index in [0.29, 0.717) is 11.4 Å². The molecule has 1 aromatic carbocycles. The van der Waals surface area contributed by atoms with E-state index >= 15 is 0 Å². The van der Waals surface area contributed by atoms with Crippen molar-refractivity contribution in [2.45, 2.75) is 11.4 Å². The molecular weight excluding hydrogens is 266 g/mol. The van der Waals surface area contributed by atoms with Gasteiger partial charge < -0.3 is 4.57 Å². The predicted octanol–water partition coefficient (Wildman–Crippen LogP) is 0.165. The van der Waals surface area contributed by atoms with E-state index in [9.17, 15) is 8.42 Å². The highest BCUT2D eigenvalue weighted by molar-refractivity contribution is 7.89. The molecule has 0 aliphatic heterocycles. The second-order valence-electron chi connectivity index (χ2n) is 3.82. The van der Waals surface area contributed by atoms with Gasteiger partial charge in [-0.25, -0.2) is 13.1 Å². The van der Waals surface area contributed by atoms with Gasteiger partial charge in [-0.15, -0.1) is 10.2 Å². The van der Waals surface area contributed by atoms with Crippen LogP contribution in [0.5, 0.6) is 0 Å². The molecule has 1 heterocycles. The lowest BCUT2D eigenvalue weighted by molar-refractivity contribution is 0.577. The van der Waals surface area contributed by atoms with Gasteiger partial charge in [0.1, 0.15) is 12.2 Å². The molecule has 2 rings (SSSR count). The van der Waals surface area contributed by atoms with Crippen molar-refractivity contribution in [2.75, 3.05) is 0 Å². The maximum absolute atomic E-state index is 12.0. The van der Waals surface area contributed by atoms with Crippen molar-refractivity contribution in [1.82, 2.24) is 19.5 Å². The number of nitriles is 1. The largest absolute Gasteiger partial charge is 0.320 e. The van der Waals surface area contributed by atoms with Gasteiger partial charge in [-0.05, 0) is 24.3 Å². The van der Waals surface area contributed by atoms with Crippen molar-refractivity contribution in [3.05, 3.63) is 42.0 Å². The summed E-state index contributed by atoms with van der Waals surface area (Å²) in [5, 5.41) is 16.1. The molecule has 19 heavy (non-hydrogen) atoms. The van der Waals surface area contributed by atoms with Crippen LogP contribution < -0.4 is 4.72 Å². The normalized spacial score (nSPS) is 11.2. The lowest BCUT2D eigenvalue weighted by Crippen LogP contribution is -2.24. The second-order valence-corrected chi connectivity index (χ2v) is 5.59. The minimum absolute atomic E-state index is 0.0544. The molecule has 1 N–H and O–H groups in total. The van der Waals surface area contributed by atoms with Crippen molar-refractivity contribution in [2.24, 2.45) is 7.05 Å². The molecule has 0 radical (unpaired) electrons. The lowest BCUT2D eigenvalue weighted by Gasteiger charge is -2.06. The number of rotatable bonds is 4. The summed E-state index contributed by atoms with van der Waals surface area (Å²) in [4.78, 5) is 0.105. The van der Waals surface area contributed by atoms with Crippen LogP contribution in [0.4, 0.5) is 0 Å². The van der Waals surface area contributed by atoms with E-state index in [1.807, 2.05) is 6.07 Å². The summed E-state index contributed by atoms with van der Waals surface area (Å²) < 4.78 is 28.0. The third kappa shape index (κ3) is 2.96. The molecule has 0 saturated carbocycles. The number of aromatic nitrogens is 3. The van der Waals surface area contributed by atoms with Gasteiger partial charge >= 0.3 is 0 Å². The summed E-state index contributed by atoms with van der Waals surface area (Å²) in [5.41, 5.74) is 0.409. The van der Waals surface area contributed by atoms with Crippen molar-refractivity contribution >= 4 is 10.0 Å². The Balaban J connectivity index is 2.14. The Bertz CT molecular complexity index is 712. The van der Waals surface area contributed by atoms with Crippen molar-refractivity contribution in [1.29, 1.82) is 5.26 Å². The van der Waals surface area contributed by atoms with Crippen LogP contribution in [0.25, 0.3) is 0 Å². The summed E-state index contributed by atoms with van der Waals surface area (Å²) in [5.74, 6) is 0.511. The Morgan fingerprint density at radius 2 is 2.05 bits per heavy atom. The molecule has 0 saturated heterocycles. The molecule has 8 heteroatoms. The zero-order valence-electron chi connectivity index (χ0n) is 10.1. The van der Waals surface area contributed by atoms with Gasteiger partial charge in [-0.1, -0.05) is 0 Å². The summed E-state index contributed by atoms with van der Waals surface area (Å²) in [6.07, 6.45) is 1.49. The van der Waals surface area contributed by atoms with Crippen LogP contribution in [0.2, 0.25) is 0 Å². The molecule has 0 atom stereocenters. The lowest BCUT2D eigenvalue weighted by atomic mass is 10.2. The predicted molar refractivity (Wildman–Crippen MR) is 66.2 cm³/mol. The van der Waals surface area contributed by atoms with E-state index in [0.717, 1.165) is 0 Å². The third-order valence-electron chi connectivity index (χ3n) is 2.52. The van der Waals surface area contributed by atoms with E-state index in [4.69, 9.17) is 5.26 Å². The first kappa shape index (κ1) is 13.2. The average Bonchev–Trinajstić information content (AvgIpc) is 2.82. The molecule has 1 aromatic heterocycles. The first-order valence-corrected chi connectivity index (χ1v) is 6.84. The Kier molecular flexibility index (Phi) is 3.59. The van der Waals surface area contributed by atoms with Gasteiger partial charge in [0.2, 0.25) is 10.0 Å². The zero-order valence-corrected chi connectivity index (χ0v) is 10.9. The molecule has 98 valence electrons. The molecular formula is C11H11N5O2S. The molecule has 0 unspecified atom stereocenters. The molecule has 7 nitrogen and oxygen atoms in total. The quantitative estimate of drug-likeness (QED) is 0.858. The molecule has 0 fully saturated rings. The van der Waals surface area contributed by atoms with Gasteiger partial charge in [-0.2, -0.15) is 5.26 Å². The minimum Gasteiger partial charge on any atom is -0.320 e. The Hall–Kier alpha value is -2.24. The first-order chi connectivity index (χ1) is 9.03. The maximum atomic E-state index is 12.0. The number of nitrogens with zero attached hydrogens (tertiary/aromatic N) is 4. The fraction of sp³-hybridized carbons (Fsp3) is 0.182. The van der Waals surface area contributed by atoms with E-state index in [1.165, 1.54) is 30.6 Å². The standard InChI is InChI=1S/C11H11N5O2S/c1-16-8-13-15-11(16)7-14-19(17,18)10-4-2-9(6-12)3-5-10/h2-5,8,14H,7H2,1H3. The molecule has 0 bridgehead atoms. The van der Waals surface area contributed by atoms with Gasteiger partial charge in [0.25, 0.3) is 0 Å². The van der Waals surface area contributed by atoms with Gasteiger partial charge in [0.05, 0.1) is 23.1 Å². The van der Waals surface area contributed by atoms with E-state index < -0.39 is 10.0 Å². The molecule has 0 aliphatic carbocycles. The van der Waals surface area contributed by atoms with Crippen LogP contribution in [0.1, 0.15) is 11.4 Å². The van der Waals surface area contributed by atoms with Gasteiger partial charge in [-0.3, -0.25) is 0 Å². The maximum Gasteiger partial charge on any atom is 0.240 e. The van der Waals surface area contributed by atoms with Crippen LogP contribution in [-0.4, -0.2) is 23.2 Å². The highest BCUT2D eigenvalue weighted by Gasteiger charge is 2.14. The van der Waals surface area contributed by atoms with Crippen LogP contribution in [0.3, 0.4) is 0 Å². The van der Waals surface area contributed by atoms with Crippen LogP contribution >= 0.6 is 0 Å². The summed E-state index contributed by atoms with van der Waals surface area (Å²) in [7, 11) is -1.89. The molecule has 0 spiro atoms. The SMILES string of the molecule is Cn1cnnc1CNS(=O)(=O)c1ccc(C#N)cc1. The number of benzene rings is 1. The van der Waals surface area contributed by atoms with Gasteiger partial charge in [0.15, 0.2) is 0 Å². The third-order valence-corrected chi connectivity index (χ3v) is 3.94. The highest BCUT2D eigenvalue weighted by Crippen LogP contribution is 2.10. The van der Waals surface area contributed by atoms with E-state index in [2.05, 4.69) is 14.9 Å². The van der Waals surface area contributed by atoms with Crippen LogP contribution in [-0.2, 0) is 23.6 Å². The molecule has 0 amide bonds. The molecule has 0 aliphatic rings. The van der Waals surface area contributed by atoms with Crippen molar-refractivity contribution in [3.63, 3.8) is 0 Å². The van der Waals surface area contributed by atoms with Crippen LogP contribution in [0.15, 0.2) is 35.5 Å².